The predicted octanol–water partition coefficient (Wildman–Crippen LogP) is 5.96. The molecule has 294 valence electrons. The van der Waals surface area contributed by atoms with Crippen LogP contribution >= 0.6 is 11.3 Å². The Morgan fingerprint density at radius 1 is 1.04 bits per heavy atom. The minimum Gasteiger partial charge on any atom is -0.386 e. The molecular formula is C42H50N8O5S. The van der Waals surface area contributed by atoms with Gasteiger partial charge in [0.25, 0.3) is 5.91 Å². The zero-order valence-electron chi connectivity index (χ0n) is 32.5. The van der Waals surface area contributed by atoms with Gasteiger partial charge in [0.05, 0.1) is 56.2 Å². The first-order valence-electron chi connectivity index (χ1n) is 19.8. The summed E-state index contributed by atoms with van der Waals surface area (Å²) >= 11 is 1.67. The van der Waals surface area contributed by atoms with Gasteiger partial charge < -0.3 is 20.2 Å². The Hall–Kier alpha value is -4.79. The van der Waals surface area contributed by atoms with Gasteiger partial charge in [-0.15, -0.1) is 11.3 Å². The summed E-state index contributed by atoms with van der Waals surface area (Å²) in [7, 11) is 4.04. The number of piperidine rings is 1. The lowest BCUT2D eigenvalue weighted by Crippen LogP contribution is -2.45. The van der Waals surface area contributed by atoms with E-state index in [1.807, 2.05) is 24.3 Å². The molecule has 0 radical (unpaired) electrons. The first-order valence-corrected chi connectivity index (χ1v) is 20.6. The van der Waals surface area contributed by atoms with Crippen molar-refractivity contribution in [3.63, 3.8) is 0 Å². The molecule has 56 heavy (non-hydrogen) atoms. The van der Waals surface area contributed by atoms with Crippen molar-refractivity contribution in [3.05, 3.63) is 75.7 Å². The lowest BCUT2D eigenvalue weighted by molar-refractivity contribution is -0.132. The fourth-order valence-corrected chi connectivity index (χ4v) is 10.3. The first kappa shape index (κ1) is 38.1. The molecule has 0 bridgehead atoms. The highest BCUT2D eigenvalue weighted by molar-refractivity contribution is 7.18. The predicted molar refractivity (Wildman–Crippen MR) is 217 cm³/mol. The molecule has 1 atom stereocenters. The van der Waals surface area contributed by atoms with Gasteiger partial charge in [-0.05, 0) is 96.0 Å². The number of fused-ring (bicyclic) bond motifs is 2. The normalized spacial score (nSPS) is 21.4. The fourth-order valence-electron chi connectivity index (χ4n) is 9.18. The van der Waals surface area contributed by atoms with Crippen molar-refractivity contribution in [1.82, 2.24) is 29.0 Å². The van der Waals surface area contributed by atoms with Gasteiger partial charge in [-0.3, -0.25) is 28.5 Å². The van der Waals surface area contributed by atoms with Crippen LogP contribution in [0, 0.1) is 5.92 Å². The quantitative estimate of drug-likeness (QED) is 0.171. The molecule has 13 nitrogen and oxygen atoms in total. The summed E-state index contributed by atoms with van der Waals surface area (Å²) in [6.45, 7) is 6.25. The molecule has 2 N–H and O–H groups in total. The molecule has 3 aromatic heterocycles. The summed E-state index contributed by atoms with van der Waals surface area (Å²) in [5, 5.41) is 15.1. The van der Waals surface area contributed by atoms with E-state index < -0.39 is 11.6 Å². The van der Waals surface area contributed by atoms with Crippen LogP contribution in [0.1, 0.15) is 105 Å². The molecule has 3 fully saturated rings. The van der Waals surface area contributed by atoms with Crippen molar-refractivity contribution in [2.24, 2.45) is 13.0 Å². The number of benzene rings is 2. The van der Waals surface area contributed by atoms with E-state index >= 15 is 0 Å². The van der Waals surface area contributed by atoms with E-state index in [1.165, 1.54) is 18.6 Å². The summed E-state index contributed by atoms with van der Waals surface area (Å²) in [6, 6.07) is 9.68. The third-order valence-electron chi connectivity index (χ3n) is 12.3. The van der Waals surface area contributed by atoms with Crippen LogP contribution in [0.4, 0.5) is 11.4 Å². The van der Waals surface area contributed by atoms with E-state index in [4.69, 9.17) is 4.98 Å². The van der Waals surface area contributed by atoms with E-state index in [9.17, 15) is 24.3 Å². The maximum absolute atomic E-state index is 13.5. The van der Waals surface area contributed by atoms with E-state index in [0.717, 1.165) is 90.1 Å². The minimum atomic E-state index is -1.19. The number of nitrogens with one attached hydrogen (secondary N) is 1. The molecule has 1 unspecified atom stereocenters. The van der Waals surface area contributed by atoms with Crippen LogP contribution in [0.25, 0.3) is 21.3 Å². The Morgan fingerprint density at radius 3 is 2.50 bits per heavy atom. The van der Waals surface area contributed by atoms with Gasteiger partial charge in [0.2, 0.25) is 0 Å². The van der Waals surface area contributed by atoms with Crippen molar-refractivity contribution in [1.29, 1.82) is 0 Å². The van der Waals surface area contributed by atoms with Crippen LogP contribution < -0.4 is 15.9 Å². The van der Waals surface area contributed by atoms with Crippen LogP contribution in [0.5, 0.6) is 0 Å². The van der Waals surface area contributed by atoms with Gasteiger partial charge in [-0.2, -0.15) is 0 Å². The number of Topliss-reactive ketones (excluding diaryl/α,β-unsaturated/α-hetero) is 2. The zero-order valence-corrected chi connectivity index (χ0v) is 33.3. The van der Waals surface area contributed by atoms with Crippen molar-refractivity contribution in [2.45, 2.75) is 95.2 Å². The number of amides is 1. The van der Waals surface area contributed by atoms with Gasteiger partial charge in [0, 0.05) is 68.7 Å². The second-order valence-corrected chi connectivity index (χ2v) is 17.6. The van der Waals surface area contributed by atoms with Gasteiger partial charge in [0.1, 0.15) is 11.5 Å². The molecule has 8 rings (SSSR count). The number of ketones is 2. The molecule has 1 aliphatic heterocycles. The maximum Gasteiger partial charge on any atom is 0.329 e. The largest absolute Gasteiger partial charge is 0.386 e. The number of carbonyl (C=O) groups excluding carboxylic acids is 3. The van der Waals surface area contributed by atoms with Gasteiger partial charge in [0.15, 0.2) is 5.78 Å². The number of thiazole rings is 1. The van der Waals surface area contributed by atoms with Crippen molar-refractivity contribution in [3.8, 4) is 0 Å². The molecule has 5 aromatic rings. The number of para-hydroxylation sites is 1. The van der Waals surface area contributed by atoms with Crippen molar-refractivity contribution < 1.29 is 19.5 Å². The summed E-state index contributed by atoms with van der Waals surface area (Å²) < 4.78 is 4.27. The molecule has 4 heterocycles. The number of hydrogen-bond acceptors (Lipinski definition) is 11. The standard InChI is InChI=1S/C42H50N8O5S/c1-42(2,55)29-21-31-37(22-30(29)45-39(53)32-23-43-16-17-44-32)56-40(46-31)26-10-8-25(9-11-26)24-47(3)27-14-18-49(19-15-27)34-6-5-7-35-38(34)48(4)41(54)50(35)33-13-12-28(51)20-36(33)52/h5-7,16-17,21-23,25-27,33,55H,8-15,18-20,24H2,1-4H3,(H,45,53). The molecule has 2 saturated carbocycles. The number of imidazole rings is 1. The second-order valence-electron chi connectivity index (χ2n) is 16.5. The van der Waals surface area contributed by atoms with E-state index in [-0.39, 0.29) is 35.3 Å². The maximum atomic E-state index is 13.5. The summed E-state index contributed by atoms with van der Waals surface area (Å²) in [4.78, 5) is 69.3. The molecule has 1 amide bonds. The SMILES string of the molecule is CN(CC1CCC(c2nc3cc(C(C)(C)O)c(NC(=O)c4cnccn4)cc3s2)CC1)C1CCN(c2cccc3c2n(C)c(=O)n3C2CCC(=O)CC2=O)CC1. The van der Waals surface area contributed by atoms with Crippen LogP contribution in [0.2, 0.25) is 0 Å². The summed E-state index contributed by atoms with van der Waals surface area (Å²) in [5.74, 6) is 0.401. The van der Waals surface area contributed by atoms with E-state index in [1.54, 1.807) is 41.4 Å². The zero-order chi connectivity index (χ0) is 39.3. The highest BCUT2D eigenvalue weighted by Crippen LogP contribution is 2.42. The monoisotopic (exact) mass is 778 g/mol. The van der Waals surface area contributed by atoms with Gasteiger partial charge in [-0.25, -0.2) is 14.8 Å². The molecular weight excluding hydrogens is 729 g/mol. The van der Waals surface area contributed by atoms with Crippen LogP contribution in [-0.2, 0) is 22.2 Å². The number of carbonyl (C=O) groups is 3. The highest BCUT2D eigenvalue weighted by atomic mass is 32.1. The highest BCUT2D eigenvalue weighted by Gasteiger charge is 2.34. The second kappa shape index (κ2) is 15.3. The molecule has 14 heteroatoms. The third-order valence-corrected chi connectivity index (χ3v) is 13.4. The van der Waals surface area contributed by atoms with E-state index in [0.29, 0.717) is 42.0 Å². The van der Waals surface area contributed by atoms with Crippen molar-refractivity contribution >= 4 is 61.4 Å². The first-order chi connectivity index (χ1) is 26.9. The Labute approximate surface area is 329 Å². The number of aliphatic hydroxyl groups is 1. The molecule has 3 aliphatic rings. The molecule has 2 aromatic carbocycles. The average molecular weight is 779 g/mol. The number of aromatic nitrogens is 5. The fraction of sp³-hybridized carbons (Fsp3) is 0.500. The topological polar surface area (TPSA) is 156 Å². The number of aryl methyl sites for hydroxylation is 1. The summed E-state index contributed by atoms with van der Waals surface area (Å²) in [5.41, 5.74) is 3.42. The van der Waals surface area contributed by atoms with Crippen molar-refractivity contribution in [2.75, 3.05) is 36.9 Å². The van der Waals surface area contributed by atoms with Gasteiger partial charge in [-0.1, -0.05) is 6.07 Å². The smallest absolute Gasteiger partial charge is 0.329 e. The van der Waals surface area contributed by atoms with Crippen LogP contribution in [0.15, 0.2) is 53.7 Å². The van der Waals surface area contributed by atoms with Crippen LogP contribution in [0.3, 0.4) is 0 Å². The number of rotatable bonds is 9. The number of nitrogens with zero attached hydrogens (tertiary/aromatic N) is 7. The Morgan fingerprint density at radius 2 is 1.80 bits per heavy atom. The lowest BCUT2D eigenvalue weighted by Gasteiger charge is -2.40. The molecule has 0 spiro atoms. The third kappa shape index (κ3) is 7.41. The Balaban J connectivity index is 0.882. The number of anilines is 2. The Kier molecular flexibility index (Phi) is 10.4. The lowest BCUT2D eigenvalue weighted by atomic mass is 9.82. The van der Waals surface area contributed by atoms with Gasteiger partial charge >= 0.3 is 5.69 Å². The number of hydrogen-bond donors (Lipinski definition) is 2. The molecule has 1 saturated heterocycles. The summed E-state index contributed by atoms with van der Waals surface area (Å²) in [6.07, 6.45) is 11.5. The molecule has 2 aliphatic carbocycles. The van der Waals surface area contributed by atoms with Crippen LogP contribution in [-0.4, -0.2) is 84.3 Å². The van der Waals surface area contributed by atoms with E-state index in [2.05, 4.69) is 38.2 Å². The minimum absolute atomic E-state index is 0.0477. The average Bonchev–Trinajstić information content (AvgIpc) is 3.72. The Bertz CT molecular complexity index is 2350.